The number of amides is 1. The Bertz CT molecular complexity index is 279. The van der Waals surface area contributed by atoms with Gasteiger partial charge in [-0.3, -0.25) is 9.69 Å². The minimum atomic E-state index is -0.542. The van der Waals surface area contributed by atoms with Crippen molar-refractivity contribution in [2.45, 2.75) is 72.6 Å². The van der Waals surface area contributed by atoms with Gasteiger partial charge >= 0.3 is 6.09 Å². The molecule has 4 nitrogen and oxygen atoms in total. The summed E-state index contributed by atoms with van der Waals surface area (Å²) in [6, 6.07) is -0.455. The molecule has 0 spiro atoms. The summed E-state index contributed by atoms with van der Waals surface area (Å²) in [5.74, 6) is -0.00735. The van der Waals surface area contributed by atoms with Crippen molar-refractivity contribution in [3.05, 3.63) is 0 Å². The summed E-state index contributed by atoms with van der Waals surface area (Å²) in [6.07, 6.45) is 0.182. The Balaban J connectivity index is 4.97. The third-order valence-corrected chi connectivity index (χ3v) is 2.35. The fourth-order valence-electron chi connectivity index (χ4n) is 1.69. The zero-order valence-corrected chi connectivity index (χ0v) is 12.0. The van der Waals surface area contributed by atoms with Crippen molar-refractivity contribution in [2.24, 2.45) is 0 Å². The largest absolute Gasteiger partial charge is 0.444 e. The van der Waals surface area contributed by atoms with Gasteiger partial charge in [-0.25, -0.2) is 4.79 Å². The van der Waals surface area contributed by atoms with Crippen LogP contribution in [0.25, 0.3) is 0 Å². The van der Waals surface area contributed by atoms with Crippen LogP contribution in [0.2, 0.25) is 0 Å². The van der Waals surface area contributed by atoms with Crippen molar-refractivity contribution in [3.8, 4) is 0 Å². The molecule has 0 bridgehead atoms. The standard InChI is InChI=1S/C13H25NO3/c1-8-11(10(4)15)14(9(2)3)12(16)17-13(5,6)7/h9,11H,8H2,1-7H3/t11-/m0/s1. The summed E-state index contributed by atoms with van der Waals surface area (Å²) in [6.45, 7) is 12.6. The Labute approximate surface area is 104 Å². The summed E-state index contributed by atoms with van der Waals surface area (Å²) in [5, 5.41) is 0. The van der Waals surface area contributed by atoms with E-state index in [0.29, 0.717) is 6.42 Å². The summed E-state index contributed by atoms with van der Waals surface area (Å²) >= 11 is 0. The van der Waals surface area contributed by atoms with Crippen molar-refractivity contribution in [3.63, 3.8) is 0 Å². The fourth-order valence-corrected chi connectivity index (χ4v) is 1.69. The predicted octanol–water partition coefficient (Wildman–Crippen LogP) is 3.00. The first-order chi connectivity index (χ1) is 7.60. The molecular formula is C13H25NO3. The lowest BCUT2D eigenvalue weighted by molar-refractivity contribution is -0.123. The van der Waals surface area contributed by atoms with E-state index in [-0.39, 0.29) is 11.8 Å². The summed E-state index contributed by atoms with van der Waals surface area (Å²) < 4.78 is 5.33. The van der Waals surface area contributed by atoms with Crippen molar-refractivity contribution >= 4 is 11.9 Å². The first-order valence-electron chi connectivity index (χ1n) is 6.12. The van der Waals surface area contributed by atoms with Gasteiger partial charge in [-0.05, 0) is 48.0 Å². The molecule has 0 saturated heterocycles. The summed E-state index contributed by atoms with van der Waals surface area (Å²) in [7, 11) is 0. The molecule has 0 unspecified atom stereocenters. The SMILES string of the molecule is CC[C@@H](C(C)=O)N(C(=O)OC(C)(C)C)C(C)C. The first-order valence-corrected chi connectivity index (χ1v) is 6.12. The minimum Gasteiger partial charge on any atom is -0.444 e. The number of ketones is 1. The van der Waals surface area contributed by atoms with Crippen molar-refractivity contribution < 1.29 is 14.3 Å². The van der Waals surface area contributed by atoms with Gasteiger partial charge in [-0.2, -0.15) is 0 Å². The zero-order chi connectivity index (χ0) is 13.8. The molecule has 0 saturated carbocycles. The van der Waals surface area contributed by atoms with E-state index in [9.17, 15) is 9.59 Å². The third kappa shape index (κ3) is 5.20. The van der Waals surface area contributed by atoms with Crippen LogP contribution in [-0.2, 0) is 9.53 Å². The number of Topliss-reactive ketones (excluding diaryl/α,β-unsaturated/α-hetero) is 1. The van der Waals surface area contributed by atoms with E-state index >= 15 is 0 Å². The molecule has 0 aliphatic heterocycles. The lowest BCUT2D eigenvalue weighted by Gasteiger charge is -2.34. The molecule has 1 atom stereocenters. The van der Waals surface area contributed by atoms with E-state index in [2.05, 4.69) is 0 Å². The number of carbonyl (C=O) groups excluding carboxylic acids is 2. The number of hydrogen-bond donors (Lipinski definition) is 0. The molecule has 4 heteroatoms. The molecule has 0 aliphatic carbocycles. The van der Waals surface area contributed by atoms with E-state index < -0.39 is 17.7 Å². The highest BCUT2D eigenvalue weighted by Crippen LogP contribution is 2.16. The van der Waals surface area contributed by atoms with Crippen molar-refractivity contribution in [1.82, 2.24) is 4.90 Å². The van der Waals surface area contributed by atoms with E-state index in [1.807, 2.05) is 41.5 Å². The maximum Gasteiger partial charge on any atom is 0.411 e. The van der Waals surface area contributed by atoms with Gasteiger partial charge in [-0.15, -0.1) is 0 Å². The van der Waals surface area contributed by atoms with Gasteiger partial charge < -0.3 is 4.74 Å². The Morgan fingerprint density at radius 3 is 1.94 bits per heavy atom. The molecular weight excluding hydrogens is 218 g/mol. The highest BCUT2D eigenvalue weighted by Gasteiger charge is 2.31. The van der Waals surface area contributed by atoms with E-state index in [1.165, 1.54) is 11.8 Å². The van der Waals surface area contributed by atoms with Crippen LogP contribution in [-0.4, -0.2) is 34.5 Å². The summed E-state index contributed by atoms with van der Waals surface area (Å²) in [4.78, 5) is 25.1. The quantitative estimate of drug-likeness (QED) is 0.762. The number of ether oxygens (including phenoxy) is 1. The normalized spacial score (nSPS) is 13.4. The molecule has 0 rings (SSSR count). The molecule has 0 aromatic rings. The van der Waals surface area contributed by atoms with Gasteiger partial charge in [0, 0.05) is 6.04 Å². The van der Waals surface area contributed by atoms with Crippen LogP contribution in [0.3, 0.4) is 0 Å². The molecule has 0 aromatic heterocycles. The molecule has 0 heterocycles. The second kappa shape index (κ2) is 6.03. The topological polar surface area (TPSA) is 46.6 Å². The Morgan fingerprint density at radius 1 is 1.24 bits per heavy atom. The van der Waals surface area contributed by atoms with Crippen molar-refractivity contribution in [2.75, 3.05) is 0 Å². The fraction of sp³-hybridized carbons (Fsp3) is 0.846. The monoisotopic (exact) mass is 243 g/mol. The van der Waals surface area contributed by atoms with E-state index in [4.69, 9.17) is 4.74 Å². The second-order valence-corrected chi connectivity index (χ2v) is 5.52. The predicted molar refractivity (Wildman–Crippen MR) is 68.0 cm³/mol. The average molecular weight is 243 g/mol. The van der Waals surface area contributed by atoms with Gasteiger partial charge in [0.1, 0.15) is 5.60 Å². The van der Waals surface area contributed by atoms with Crippen LogP contribution in [0.5, 0.6) is 0 Å². The molecule has 1 amide bonds. The molecule has 17 heavy (non-hydrogen) atoms. The maximum atomic E-state index is 12.1. The number of rotatable bonds is 4. The molecule has 0 aliphatic rings. The third-order valence-electron chi connectivity index (χ3n) is 2.35. The summed E-state index contributed by atoms with van der Waals surface area (Å²) in [5.41, 5.74) is -0.542. The zero-order valence-electron chi connectivity index (χ0n) is 12.0. The molecule has 0 radical (unpaired) electrons. The van der Waals surface area contributed by atoms with Crippen LogP contribution in [0.4, 0.5) is 4.79 Å². The van der Waals surface area contributed by atoms with Crippen LogP contribution in [0.1, 0.15) is 54.9 Å². The van der Waals surface area contributed by atoms with Gasteiger partial charge in [-0.1, -0.05) is 6.92 Å². The smallest absolute Gasteiger partial charge is 0.411 e. The van der Waals surface area contributed by atoms with Crippen molar-refractivity contribution in [1.29, 1.82) is 0 Å². The van der Waals surface area contributed by atoms with E-state index in [1.54, 1.807) is 0 Å². The van der Waals surface area contributed by atoms with Gasteiger partial charge in [0.05, 0.1) is 6.04 Å². The number of hydrogen-bond acceptors (Lipinski definition) is 3. The molecule has 0 N–H and O–H groups in total. The number of carbonyl (C=O) groups is 2. The first kappa shape index (κ1) is 15.9. The molecule has 0 aromatic carbocycles. The van der Waals surface area contributed by atoms with Gasteiger partial charge in [0.2, 0.25) is 0 Å². The number of nitrogens with zero attached hydrogens (tertiary/aromatic N) is 1. The highest BCUT2D eigenvalue weighted by molar-refractivity contribution is 5.85. The Morgan fingerprint density at radius 2 is 1.71 bits per heavy atom. The minimum absolute atomic E-state index is 0.00735. The Kier molecular flexibility index (Phi) is 5.66. The second-order valence-electron chi connectivity index (χ2n) is 5.52. The molecule has 0 fully saturated rings. The van der Waals surface area contributed by atoms with Crippen LogP contribution in [0.15, 0.2) is 0 Å². The Hall–Kier alpha value is -1.06. The maximum absolute atomic E-state index is 12.1. The molecule has 100 valence electrons. The van der Waals surface area contributed by atoms with Crippen LogP contribution in [0, 0.1) is 0 Å². The van der Waals surface area contributed by atoms with Crippen LogP contribution >= 0.6 is 0 Å². The lowest BCUT2D eigenvalue weighted by Crippen LogP contribution is -2.49. The van der Waals surface area contributed by atoms with Crippen LogP contribution < -0.4 is 0 Å². The van der Waals surface area contributed by atoms with Gasteiger partial charge in [0.15, 0.2) is 5.78 Å². The lowest BCUT2D eigenvalue weighted by atomic mass is 10.1. The van der Waals surface area contributed by atoms with Gasteiger partial charge in [0.25, 0.3) is 0 Å². The average Bonchev–Trinajstić information content (AvgIpc) is 2.08. The van der Waals surface area contributed by atoms with E-state index in [0.717, 1.165) is 0 Å². The highest BCUT2D eigenvalue weighted by atomic mass is 16.6.